The molecule has 0 amide bonds. The van der Waals surface area contributed by atoms with Crippen LogP contribution in [-0.2, 0) is 14.3 Å². The summed E-state index contributed by atoms with van der Waals surface area (Å²) in [5.74, 6) is -0.649. The normalized spacial score (nSPS) is 13.3. The van der Waals surface area contributed by atoms with Crippen LogP contribution >= 0.6 is 0 Å². The lowest BCUT2D eigenvalue weighted by Crippen LogP contribution is -2.11. The van der Waals surface area contributed by atoms with Gasteiger partial charge >= 0.3 is 11.9 Å². The van der Waals surface area contributed by atoms with Crippen LogP contribution in [0.1, 0.15) is 18.9 Å². The van der Waals surface area contributed by atoms with E-state index in [0.29, 0.717) is 42.3 Å². The third-order valence-corrected chi connectivity index (χ3v) is 2.85. The van der Waals surface area contributed by atoms with E-state index >= 15 is 0 Å². The predicted octanol–water partition coefficient (Wildman–Crippen LogP) is 1.88. The molecule has 0 spiro atoms. The standard InChI is InChI=1S/C15H16O6/c1-2-19-15(18)11-6-7-20-14-10(8-11)4-3-5-12(14)21-9-13(16)17/h3-5,8H,2,6-7,9H2,1H3,(H,16,17). The summed E-state index contributed by atoms with van der Waals surface area (Å²) >= 11 is 0. The molecule has 6 heteroatoms. The number of fused-ring (bicyclic) bond motifs is 1. The fraction of sp³-hybridized carbons (Fsp3) is 0.333. The summed E-state index contributed by atoms with van der Waals surface area (Å²) in [6.07, 6.45) is 2.11. The van der Waals surface area contributed by atoms with Crippen molar-refractivity contribution in [2.75, 3.05) is 19.8 Å². The highest BCUT2D eigenvalue weighted by Crippen LogP contribution is 2.35. The van der Waals surface area contributed by atoms with Crippen LogP contribution in [0.3, 0.4) is 0 Å². The van der Waals surface area contributed by atoms with Gasteiger partial charge in [-0.15, -0.1) is 0 Å². The van der Waals surface area contributed by atoms with Crippen molar-refractivity contribution < 1.29 is 28.9 Å². The number of para-hydroxylation sites is 1. The van der Waals surface area contributed by atoms with Crippen LogP contribution < -0.4 is 9.47 Å². The highest BCUT2D eigenvalue weighted by Gasteiger charge is 2.19. The molecule has 0 aliphatic carbocycles. The van der Waals surface area contributed by atoms with E-state index in [-0.39, 0.29) is 5.97 Å². The Morgan fingerprint density at radius 2 is 2.19 bits per heavy atom. The SMILES string of the molecule is CCOC(=O)C1=Cc2cccc(OCC(=O)O)c2OCC1. The van der Waals surface area contributed by atoms with E-state index in [1.807, 2.05) is 0 Å². The quantitative estimate of drug-likeness (QED) is 0.834. The van der Waals surface area contributed by atoms with Crippen LogP contribution in [0.4, 0.5) is 0 Å². The Morgan fingerprint density at radius 1 is 1.38 bits per heavy atom. The summed E-state index contributed by atoms with van der Waals surface area (Å²) < 4.78 is 15.8. The summed E-state index contributed by atoms with van der Waals surface area (Å²) in [5.41, 5.74) is 1.18. The Hall–Kier alpha value is -2.50. The molecule has 6 nitrogen and oxygen atoms in total. The van der Waals surface area contributed by atoms with E-state index in [2.05, 4.69) is 0 Å². The Kier molecular flexibility index (Phi) is 4.81. The van der Waals surface area contributed by atoms with Crippen molar-refractivity contribution in [2.24, 2.45) is 0 Å². The number of rotatable bonds is 5. The Labute approximate surface area is 121 Å². The van der Waals surface area contributed by atoms with Gasteiger partial charge in [-0.1, -0.05) is 12.1 Å². The number of hydrogen-bond acceptors (Lipinski definition) is 5. The van der Waals surface area contributed by atoms with E-state index in [0.717, 1.165) is 0 Å². The van der Waals surface area contributed by atoms with Crippen molar-refractivity contribution in [1.82, 2.24) is 0 Å². The van der Waals surface area contributed by atoms with E-state index in [1.54, 1.807) is 31.2 Å². The average Bonchev–Trinajstić information content (AvgIpc) is 2.67. The van der Waals surface area contributed by atoms with Gasteiger partial charge in [-0.25, -0.2) is 9.59 Å². The van der Waals surface area contributed by atoms with Crippen LogP contribution in [0.15, 0.2) is 23.8 Å². The molecule has 0 bridgehead atoms. The lowest BCUT2D eigenvalue weighted by atomic mass is 10.1. The first-order chi connectivity index (χ1) is 10.1. The van der Waals surface area contributed by atoms with Crippen molar-refractivity contribution >= 4 is 18.0 Å². The van der Waals surface area contributed by atoms with Crippen molar-refractivity contribution in [3.05, 3.63) is 29.3 Å². The monoisotopic (exact) mass is 292 g/mol. The van der Waals surface area contributed by atoms with Gasteiger partial charge < -0.3 is 19.3 Å². The van der Waals surface area contributed by atoms with Gasteiger partial charge in [0.1, 0.15) is 0 Å². The number of aliphatic carboxylic acids is 1. The molecule has 1 N–H and O–H groups in total. The molecule has 112 valence electrons. The summed E-state index contributed by atoms with van der Waals surface area (Å²) in [5, 5.41) is 8.67. The second-order valence-corrected chi connectivity index (χ2v) is 4.35. The molecule has 0 radical (unpaired) electrons. The average molecular weight is 292 g/mol. The maximum atomic E-state index is 11.8. The van der Waals surface area contributed by atoms with Crippen LogP contribution in [-0.4, -0.2) is 36.9 Å². The second-order valence-electron chi connectivity index (χ2n) is 4.35. The van der Waals surface area contributed by atoms with Crippen molar-refractivity contribution in [2.45, 2.75) is 13.3 Å². The molecule has 1 aromatic rings. The fourth-order valence-corrected chi connectivity index (χ4v) is 1.96. The third kappa shape index (κ3) is 3.75. The predicted molar refractivity (Wildman–Crippen MR) is 74.3 cm³/mol. The highest BCUT2D eigenvalue weighted by atomic mass is 16.5. The molecule has 0 atom stereocenters. The number of carboxylic acid groups (broad SMARTS) is 1. The van der Waals surface area contributed by atoms with Crippen molar-refractivity contribution in [3.8, 4) is 11.5 Å². The molecular formula is C15H16O6. The summed E-state index contributed by atoms with van der Waals surface area (Å²) in [7, 11) is 0. The maximum absolute atomic E-state index is 11.8. The van der Waals surface area contributed by atoms with Gasteiger partial charge in [0.25, 0.3) is 0 Å². The van der Waals surface area contributed by atoms with E-state index in [9.17, 15) is 9.59 Å². The van der Waals surface area contributed by atoms with E-state index in [4.69, 9.17) is 19.3 Å². The summed E-state index contributed by atoms with van der Waals surface area (Å²) in [4.78, 5) is 22.4. The third-order valence-electron chi connectivity index (χ3n) is 2.85. The van der Waals surface area contributed by atoms with Crippen LogP contribution in [0.25, 0.3) is 6.08 Å². The van der Waals surface area contributed by atoms with Gasteiger partial charge in [0.05, 0.1) is 13.2 Å². The first-order valence-electron chi connectivity index (χ1n) is 6.60. The minimum Gasteiger partial charge on any atom is -0.489 e. The Morgan fingerprint density at radius 3 is 2.90 bits per heavy atom. The second kappa shape index (κ2) is 6.78. The number of esters is 1. The zero-order chi connectivity index (χ0) is 15.2. The minimum atomic E-state index is -1.07. The molecule has 1 aliphatic rings. The number of benzene rings is 1. The van der Waals surface area contributed by atoms with E-state index in [1.165, 1.54) is 0 Å². The summed E-state index contributed by atoms with van der Waals surface area (Å²) in [6, 6.07) is 5.11. The fourth-order valence-electron chi connectivity index (χ4n) is 1.96. The molecule has 0 unspecified atom stereocenters. The van der Waals surface area contributed by atoms with Gasteiger partial charge in [0.2, 0.25) is 0 Å². The van der Waals surface area contributed by atoms with Gasteiger partial charge in [-0.2, -0.15) is 0 Å². The number of carbonyl (C=O) groups excluding carboxylic acids is 1. The molecule has 1 aliphatic heterocycles. The van der Waals surface area contributed by atoms with Gasteiger partial charge in [0.15, 0.2) is 18.1 Å². The largest absolute Gasteiger partial charge is 0.489 e. The van der Waals surface area contributed by atoms with Gasteiger partial charge in [-0.05, 0) is 19.1 Å². The number of ether oxygens (including phenoxy) is 3. The number of carbonyl (C=O) groups is 2. The molecule has 0 fully saturated rings. The first-order valence-corrected chi connectivity index (χ1v) is 6.60. The lowest BCUT2D eigenvalue weighted by Gasteiger charge is -2.12. The molecule has 2 rings (SSSR count). The Balaban J connectivity index is 2.28. The van der Waals surface area contributed by atoms with Crippen LogP contribution in [0.5, 0.6) is 11.5 Å². The molecule has 21 heavy (non-hydrogen) atoms. The maximum Gasteiger partial charge on any atom is 0.341 e. The molecule has 0 saturated heterocycles. The molecule has 1 heterocycles. The lowest BCUT2D eigenvalue weighted by molar-refractivity contribution is -0.140. The molecule has 0 saturated carbocycles. The Bertz CT molecular complexity index is 576. The highest BCUT2D eigenvalue weighted by molar-refractivity contribution is 5.94. The zero-order valence-electron chi connectivity index (χ0n) is 11.6. The van der Waals surface area contributed by atoms with Gasteiger partial charge in [0, 0.05) is 17.6 Å². The minimum absolute atomic E-state index is 0.297. The molecule has 1 aromatic carbocycles. The molecule has 0 aromatic heterocycles. The molecular weight excluding hydrogens is 276 g/mol. The number of carboxylic acids is 1. The zero-order valence-corrected chi connectivity index (χ0v) is 11.6. The van der Waals surface area contributed by atoms with Gasteiger partial charge in [-0.3, -0.25) is 0 Å². The van der Waals surface area contributed by atoms with E-state index < -0.39 is 12.6 Å². The van der Waals surface area contributed by atoms with Crippen LogP contribution in [0.2, 0.25) is 0 Å². The number of hydrogen-bond donors (Lipinski definition) is 1. The van der Waals surface area contributed by atoms with Crippen molar-refractivity contribution in [3.63, 3.8) is 0 Å². The smallest absolute Gasteiger partial charge is 0.341 e. The topological polar surface area (TPSA) is 82.1 Å². The van der Waals surface area contributed by atoms with Crippen LogP contribution in [0, 0.1) is 0 Å². The first kappa shape index (κ1) is 14.9. The summed E-state index contributed by atoms with van der Waals surface area (Å²) in [6.45, 7) is 1.91. The van der Waals surface area contributed by atoms with Crippen molar-refractivity contribution in [1.29, 1.82) is 0 Å².